The van der Waals surface area contributed by atoms with Gasteiger partial charge in [-0.05, 0) is 44.9 Å². The predicted octanol–water partition coefficient (Wildman–Crippen LogP) is 3.55. The lowest BCUT2D eigenvalue weighted by atomic mass is 10.1. The van der Waals surface area contributed by atoms with Gasteiger partial charge in [-0.2, -0.15) is 4.98 Å². The molecule has 0 amide bonds. The molecule has 154 valence electrons. The predicted molar refractivity (Wildman–Crippen MR) is 111 cm³/mol. The summed E-state index contributed by atoms with van der Waals surface area (Å²) in [6.45, 7) is 9.72. The number of aliphatic imine (C=N–C) groups is 1. The molecule has 2 N–H and O–H groups in total. The van der Waals surface area contributed by atoms with Gasteiger partial charge < -0.3 is 19.6 Å². The summed E-state index contributed by atoms with van der Waals surface area (Å²) >= 11 is 0. The van der Waals surface area contributed by atoms with E-state index in [1.54, 1.807) is 0 Å². The first-order valence-corrected chi connectivity index (χ1v) is 9.96. The number of hydrogen-bond donors (Lipinski definition) is 2. The van der Waals surface area contributed by atoms with Crippen LogP contribution in [0, 0.1) is 13.8 Å². The molecule has 0 aliphatic heterocycles. The molecule has 0 bridgehead atoms. The van der Waals surface area contributed by atoms with Crippen LogP contribution in [0.25, 0.3) is 11.5 Å². The van der Waals surface area contributed by atoms with E-state index in [9.17, 15) is 0 Å². The average Bonchev–Trinajstić information content (AvgIpc) is 3.31. The van der Waals surface area contributed by atoms with Crippen molar-refractivity contribution < 1.29 is 8.94 Å². The van der Waals surface area contributed by atoms with Gasteiger partial charge in [-0.25, -0.2) is 9.98 Å². The van der Waals surface area contributed by atoms with Crippen LogP contribution < -0.4 is 10.6 Å². The first-order valence-electron chi connectivity index (χ1n) is 9.96. The fourth-order valence-corrected chi connectivity index (χ4v) is 2.79. The van der Waals surface area contributed by atoms with E-state index in [4.69, 9.17) is 8.94 Å². The van der Waals surface area contributed by atoms with Crippen LogP contribution in [-0.2, 0) is 19.5 Å². The van der Waals surface area contributed by atoms with Gasteiger partial charge in [-0.3, -0.25) is 0 Å². The van der Waals surface area contributed by atoms with Gasteiger partial charge in [-0.15, -0.1) is 0 Å². The zero-order valence-electron chi connectivity index (χ0n) is 17.5. The van der Waals surface area contributed by atoms with E-state index in [0.29, 0.717) is 30.8 Å². The summed E-state index contributed by atoms with van der Waals surface area (Å²) in [7, 11) is 0. The quantitative estimate of drug-likeness (QED) is 0.443. The number of rotatable bonds is 8. The van der Waals surface area contributed by atoms with Crippen molar-refractivity contribution in [1.29, 1.82) is 0 Å². The molecule has 0 saturated carbocycles. The van der Waals surface area contributed by atoms with Gasteiger partial charge in [-0.1, -0.05) is 24.2 Å². The van der Waals surface area contributed by atoms with Gasteiger partial charge >= 0.3 is 0 Å². The van der Waals surface area contributed by atoms with Crippen molar-refractivity contribution in [2.75, 3.05) is 6.54 Å². The summed E-state index contributed by atoms with van der Waals surface area (Å²) in [5.41, 5.74) is 2.86. The minimum absolute atomic E-state index is 0.475. The highest BCUT2D eigenvalue weighted by molar-refractivity contribution is 5.79. The SMILES string of the molecule is CCCc1noc(-c2cccc(CN=C(NCC)NCc3nc(C)c(C)o3)c2)n1. The molecule has 2 aromatic heterocycles. The number of nitrogens with zero attached hydrogens (tertiary/aromatic N) is 4. The topological polar surface area (TPSA) is 101 Å². The summed E-state index contributed by atoms with van der Waals surface area (Å²) < 4.78 is 11.0. The van der Waals surface area contributed by atoms with E-state index in [-0.39, 0.29) is 0 Å². The number of aromatic nitrogens is 3. The molecule has 0 saturated heterocycles. The smallest absolute Gasteiger partial charge is 0.257 e. The molecule has 3 rings (SSSR count). The first kappa shape index (κ1) is 20.6. The lowest BCUT2D eigenvalue weighted by Gasteiger charge is -2.10. The summed E-state index contributed by atoms with van der Waals surface area (Å²) in [6, 6.07) is 7.99. The van der Waals surface area contributed by atoms with Crippen molar-refractivity contribution in [3.63, 3.8) is 0 Å². The summed E-state index contributed by atoms with van der Waals surface area (Å²) in [4.78, 5) is 13.5. The Bertz CT molecular complexity index is 940. The van der Waals surface area contributed by atoms with Crippen molar-refractivity contribution in [3.05, 3.63) is 53.0 Å². The number of guanidine groups is 1. The van der Waals surface area contributed by atoms with Crippen molar-refractivity contribution in [1.82, 2.24) is 25.8 Å². The number of aryl methyl sites for hydroxylation is 3. The van der Waals surface area contributed by atoms with Gasteiger partial charge in [0.25, 0.3) is 5.89 Å². The molecule has 0 unspecified atom stereocenters. The Morgan fingerprint density at radius 3 is 2.72 bits per heavy atom. The largest absolute Gasteiger partial charge is 0.444 e. The van der Waals surface area contributed by atoms with E-state index >= 15 is 0 Å². The second-order valence-corrected chi connectivity index (χ2v) is 6.76. The Kier molecular flexibility index (Phi) is 6.99. The van der Waals surface area contributed by atoms with E-state index in [2.05, 4.69) is 37.7 Å². The van der Waals surface area contributed by atoms with E-state index in [1.807, 2.05) is 45.0 Å². The fourth-order valence-electron chi connectivity index (χ4n) is 2.79. The molecule has 2 heterocycles. The highest BCUT2D eigenvalue weighted by atomic mass is 16.5. The van der Waals surface area contributed by atoms with Gasteiger partial charge in [0, 0.05) is 18.5 Å². The molecule has 8 nitrogen and oxygen atoms in total. The third-order valence-corrected chi connectivity index (χ3v) is 4.36. The van der Waals surface area contributed by atoms with Crippen molar-refractivity contribution in [2.45, 2.75) is 53.6 Å². The molecule has 0 fully saturated rings. The summed E-state index contributed by atoms with van der Waals surface area (Å²) in [5, 5.41) is 10.5. The van der Waals surface area contributed by atoms with Crippen LogP contribution in [0.15, 0.2) is 38.2 Å². The standard InChI is InChI=1S/C21H28N6O2/c1-5-8-18-26-20(29-27-18)17-10-7-9-16(11-17)12-23-21(22-6-2)24-13-19-25-14(3)15(4)28-19/h7,9-11H,5-6,8,12-13H2,1-4H3,(H2,22,23,24). The van der Waals surface area contributed by atoms with Crippen LogP contribution in [0.2, 0.25) is 0 Å². The number of nitrogens with one attached hydrogen (secondary N) is 2. The monoisotopic (exact) mass is 396 g/mol. The average molecular weight is 396 g/mol. The molecule has 0 radical (unpaired) electrons. The van der Waals surface area contributed by atoms with E-state index in [0.717, 1.165) is 47.8 Å². The summed E-state index contributed by atoms with van der Waals surface area (Å²) in [5.74, 6) is 3.46. The van der Waals surface area contributed by atoms with Crippen molar-refractivity contribution >= 4 is 5.96 Å². The molecule has 8 heteroatoms. The fraction of sp³-hybridized carbons (Fsp3) is 0.429. The normalized spacial score (nSPS) is 11.7. The number of benzene rings is 1. The maximum Gasteiger partial charge on any atom is 0.257 e. The zero-order valence-corrected chi connectivity index (χ0v) is 17.5. The Balaban J connectivity index is 1.66. The molecule has 0 aliphatic rings. The van der Waals surface area contributed by atoms with Gasteiger partial charge in [0.1, 0.15) is 5.76 Å². The lowest BCUT2D eigenvalue weighted by Crippen LogP contribution is -2.36. The molecule has 29 heavy (non-hydrogen) atoms. The maximum absolute atomic E-state index is 5.61. The minimum atomic E-state index is 0.475. The first-order chi connectivity index (χ1) is 14.1. The second kappa shape index (κ2) is 9.86. The van der Waals surface area contributed by atoms with Crippen LogP contribution in [0.5, 0.6) is 0 Å². The molecular weight excluding hydrogens is 368 g/mol. The third-order valence-electron chi connectivity index (χ3n) is 4.36. The van der Waals surface area contributed by atoms with E-state index < -0.39 is 0 Å². The Labute approximate surface area is 170 Å². The van der Waals surface area contributed by atoms with E-state index in [1.165, 1.54) is 0 Å². The Morgan fingerprint density at radius 1 is 1.14 bits per heavy atom. The molecule has 3 aromatic rings. The van der Waals surface area contributed by atoms with Crippen LogP contribution in [-0.4, -0.2) is 27.6 Å². The molecule has 1 aromatic carbocycles. The third kappa shape index (κ3) is 5.66. The highest BCUT2D eigenvalue weighted by Crippen LogP contribution is 2.19. The number of hydrogen-bond acceptors (Lipinski definition) is 6. The van der Waals surface area contributed by atoms with Crippen LogP contribution in [0.1, 0.15) is 49.0 Å². The van der Waals surface area contributed by atoms with Crippen LogP contribution in [0.4, 0.5) is 0 Å². The Hall–Kier alpha value is -3.16. The summed E-state index contributed by atoms with van der Waals surface area (Å²) in [6.07, 6.45) is 1.80. The van der Waals surface area contributed by atoms with Crippen LogP contribution >= 0.6 is 0 Å². The van der Waals surface area contributed by atoms with Crippen LogP contribution in [0.3, 0.4) is 0 Å². The molecule has 0 aliphatic carbocycles. The zero-order chi connectivity index (χ0) is 20.6. The van der Waals surface area contributed by atoms with Crippen molar-refractivity contribution in [2.24, 2.45) is 4.99 Å². The molecular formula is C21H28N6O2. The maximum atomic E-state index is 5.61. The lowest BCUT2D eigenvalue weighted by molar-refractivity contribution is 0.422. The Morgan fingerprint density at radius 2 is 2.00 bits per heavy atom. The highest BCUT2D eigenvalue weighted by Gasteiger charge is 2.09. The van der Waals surface area contributed by atoms with Gasteiger partial charge in [0.2, 0.25) is 5.89 Å². The minimum Gasteiger partial charge on any atom is -0.444 e. The second-order valence-electron chi connectivity index (χ2n) is 6.76. The number of oxazole rings is 1. The van der Waals surface area contributed by atoms with Crippen molar-refractivity contribution in [3.8, 4) is 11.5 Å². The molecule has 0 spiro atoms. The molecule has 0 atom stereocenters. The van der Waals surface area contributed by atoms with Gasteiger partial charge in [0.15, 0.2) is 11.8 Å². The van der Waals surface area contributed by atoms with Gasteiger partial charge in [0.05, 0.1) is 18.8 Å².